The van der Waals surface area contributed by atoms with Crippen LogP contribution in [0.15, 0.2) is 18.3 Å². The first-order valence-electron chi connectivity index (χ1n) is 6.26. The smallest absolute Gasteiger partial charge is 0.275 e. The molecule has 1 amide bonds. The van der Waals surface area contributed by atoms with Gasteiger partial charge in [0.05, 0.1) is 22.3 Å². The maximum absolute atomic E-state index is 12.1. The Labute approximate surface area is 130 Å². The van der Waals surface area contributed by atoms with Crippen LogP contribution in [-0.2, 0) is 6.54 Å². The molecule has 8 heteroatoms. The van der Waals surface area contributed by atoms with Gasteiger partial charge in [-0.1, -0.05) is 11.6 Å². The van der Waals surface area contributed by atoms with Crippen LogP contribution in [0.1, 0.15) is 15.4 Å². The van der Waals surface area contributed by atoms with Crippen LogP contribution < -0.4 is 0 Å². The van der Waals surface area contributed by atoms with Crippen LogP contribution >= 0.6 is 34.7 Å². The first-order valence-corrected chi connectivity index (χ1v) is 8.18. The van der Waals surface area contributed by atoms with E-state index in [2.05, 4.69) is 19.7 Å². The van der Waals surface area contributed by atoms with Crippen molar-refractivity contribution in [1.29, 1.82) is 0 Å². The molecule has 5 nitrogen and oxygen atoms in total. The molecule has 0 N–H and O–H groups in total. The Kier molecular flexibility index (Phi) is 4.30. The predicted octanol–water partition coefficient (Wildman–Crippen LogP) is 2.21. The van der Waals surface area contributed by atoms with Crippen molar-refractivity contribution in [1.82, 2.24) is 18.5 Å². The van der Waals surface area contributed by atoms with E-state index in [1.54, 1.807) is 11.3 Å². The molecule has 0 unspecified atom stereocenters. The van der Waals surface area contributed by atoms with Gasteiger partial charge in [-0.2, -0.15) is 8.75 Å². The Bertz CT molecular complexity index is 578. The molecule has 3 rings (SSSR count). The van der Waals surface area contributed by atoms with Crippen molar-refractivity contribution in [3.05, 3.63) is 33.2 Å². The second kappa shape index (κ2) is 6.17. The van der Waals surface area contributed by atoms with Crippen LogP contribution in [0.5, 0.6) is 0 Å². The molecule has 0 atom stereocenters. The van der Waals surface area contributed by atoms with Gasteiger partial charge >= 0.3 is 0 Å². The molecular formula is C12H13ClN4OS2. The number of carbonyl (C=O) groups is 1. The number of amides is 1. The van der Waals surface area contributed by atoms with Gasteiger partial charge in [0.1, 0.15) is 0 Å². The lowest BCUT2D eigenvalue weighted by Gasteiger charge is -2.34. The van der Waals surface area contributed by atoms with Gasteiger partial charge < -0.3 is 4.90 Å². The topological polar surface area (TPSA) is 49.3 Å². The number of carbonyl (C=O) groups excluding carboxylic acids is 1. The van der Waals surface area contributed by atoms with Crippen molar-refractivity contribution in [3.8, 4) is 0 Å². The summed E-state index contributed by atoms with van der Waals surface area (Å²) in [4.78, 5) is 17.6. The highest BCUT2D eigenvalue weighted by Gasteiger charge is 2.23. The number of aromatic nitrogens is 2. The molecule has 0 saturated carbocycles. The maximum atomic E-state index is 12.1. The molecule has 0 aromatic carbocycles. The minimum Gasteiger partial charge on any atom is -0.335 e. The van der Waals surface area contributed by atoms with Crippen LogP contribution in [0.4, 0.5) is 0 Å². The second-order valence-electron chi connectivity index (χ2n) is 4.57. The highest BCUT2D eigenvalue weighted by molar-refractivity contribution is 7.16. The summed E-state index contributed by atoms with van der Waals surface area (Å²) in [6, 6.07) is 3.99. The van der Waals surface area contributed by atoms with Crippen LogP contribution in [-0.4, -0.2) is 50.6 Å². The number of hydrogen-bond donors (Lipinski definition) is 0. The van der Waals surface area contributed by atoms with E-state index in [-0.39, 0.29) is 5.91 Å². The van der Waals surface area contributed by atoms with Crippen molar-refractivity contribution >= 4 is 40.6 Å². The fourth-order valence-corrected chi connectivity index (χ4v) is 3.72. The molecule has 0 radical (unpaired) electrons. The Morgan fingerprint density at radius 1 is 1.30 bits per heavy atom. The van der Waals surface area contributed by atoms with Gasteiger partial charge in [0.25, 0.3) is 5.91 Å². The summed E-state index contributed by atoms with van der Waals surface area (Å²) in [6.07, 6.45) is 1.53. The van der Waals surface area contributed by atoms with E-state index in [1.165, 1.54) is 11.1 Å². The van der Waals surface area contributed by atoms with Gasteiger partial charge in [0.15, 0.2) is 5.69 Å². The molecule has 2 aromatic heterocycles. The average molecular weight is 329 g/mol. The highest BCUT2D eigenvalue weighted by Crippen LogP contribution is 2.23. The van der Waals surface area contributed by atoms with Crippen molar-refractivity contribution in [2.24, 2.45) is 0 Å². The monoisotopic (exact) mass is 328 g/mol. The molecule has 1 aliphatic rings. The van der Waals surface area contributed by atoms with Crippen LogP contribution in [0, 0.1) is 0 Å². The fraction of sp³-hybridized carbons (Fsp3) is 0.417. The SMILES string of the molecule is O=C(c1cnsn1)N1CCN(Cc2ccc(Cl)s2)CC1. The average Bonchev–Trinajstić information content (AvgIpc) is 3.11. The Balaban J connectivity index is 1.53. The molecule has 1 saturated heterocycles. The molecular weight excluding hydrogens is 316 g/mol. The van der Waals surface area contributed by atoms with E-state index in [0.29, 0.717) is 5.69 Å². The number of rotatable bonds is 3. The number of hydrogen-bond acceptors (Lipinski definition) is 6. The van der Waals surface area contributed by atoms with E-state index in [9.17, 15) is 4.79 Å². The number of nitrogens with zero attached hydrogens (tertiary/aromatic N) is 4. The Hall–Kier alpha value is -1.02. The zero-order valence-electron chi connectivity index (χ0n) is 10.7. The van der Waals surface area contributed by atoms with Gasteiger partial charge in [-0.25, -0.2) is 0 Å². The van der Waals surface area contributed by atoms with E-state index < -0.39 is 0 Å². The van der Waals surface area contributed by atoms with Crippen LogP contribution in [0.2, 0.25) is 4.34 Å². The summed E-state index contributed by atoms with van der Waals surface area (Å²) in [5, 5.41) is 0. The van der Waals surface area contributed by atoms with Crippen molar-refractivity contribution in [2.75, 3.05) is 26.2 Å². The first kappa shape index (κ1) is 13.9. The summed E-state index contributed by atoms with van der Waals surface area (Å²) in [5.74, 6) is -0.0161. The number of halogens is 1. The second-order valence-corrected chi connectivity index (χ2v) is 6.92. The van der Waals surface area contributed by atoms with E-state index in [1.807, 2.05) is 11.0 Å². The quantitative estimate of drug-likeness (QED) is 0.867. The Morgan fingerprint density at radius 3 is 2.70 bits per heavy atom. The molecule has 1 fully saturated rings. The minimum absolute atomic E-state index is 0.0161. The van der Waals surface area contributed by atoms with Crippen molar-refractivity contribution < 1.29 is 4.79 Å². The summed E-state index contributed by atoms with van der Waals surface area (Å²) >= 11 is 8.62. The van der Waals surface area contributed by atoms with Gasteiger partial charge in [-0.15, -0.1) is 11.3 Å². The van der Waals surface area contributed by atoms with Crippen molar-refractivity contribution in [3.63, 3.8) is 0 Å². The highest BCUT2D eigenvalue weighted by atomic mass is 35.5. The molecule has 2 aromatic rings. The standard InChI is InChI=1S/C12H13ClN4OS2/c13-11-2-1-9(19-11)8-16-3-5-17(6-4-16)12(18)10-7-14-20-15-10/h1-2,7H,3-6,8H2. The van der Waals surface area contributed by atoms with Crippen LogP contribution in [0.25, 0.3) is 0 Å². The van der Waals surface area contributed by atoms with E-state index in [0.717, 1.165) is 48.8 Å². The summed E-state index contributed by atoms with van der Waals surface area (Å²) in [5.41, 5.74) is 0.452. The zero-order chi connectivity index (χ0) is 13.9. The van der Waals surface area contributed by atoms with Gasteiger partial charge in [-0.05, 0) is 12.1 Å². The normalized spacial score (nSPS) is 16.6. The minimum atomic E-state index is -0.0161. The van der Waals surface area contributed by atoms with Crippen LogP contribution in [0.3, 0.4) is 0 Å². The Morgan fingerprint density at radius 2 is 2.10 bits per heavy atom. The number of thiophene rings is 1. The lowest BCUT2D eigenvalue weighted by Crippen LogP contribution is -2.48. The summed E-state index contributed by atoms with van der Waals surface area (Å²) in [6.45, 7) is 4.11. The van der Waals surface area contributed by atoms with E-state index in [4.69, 9.17) is 11.6 Å². The largest absolute Gasteiger partial charge is 0.335 e. The molecule has 0 spiro atoms. The van der Waals surface area contributed by atoms with Gasteiger partial charge in [-0.3, -0.25) is 9.69 Å². The third-order valence-electron chi connectivity index (χ3n) is 3.25. The molecule has 106 valence electrons. The van der Waals surface area contributed by atoms with Crippen molar-refractivity contribution in [2.45, 2.75) is 6.54 Å². The molecule has 3 heterocycles. The molecule has 0 bridgehead atoms. The number of piperazine rings is 1. The molecule has 0 aliphatic carbocycles. The summed E-state index contributed by atoms with van der Waals surface area (Å²) in [7, 11) is 0. The molecule has 1 aliphatic heterocycles. The van der Waals surface area contributed by atoms with Gasteiger partial charge in [0, 0.05) is 37.6 Å². The third-order valence-corrected chi connectivity index (χ3v) is 4.94. The fourth-order valence-electron chi connectivity index (χ4n) is 2.19. The lowest BCUT2D eigenvalue weighted by molar-refractivity contribution is 0.0625. The van der Waals surface area contributed by atoms with E-state index >= 15 is 0 Å². The lowest BCUT2D eigenvalue weighted by atomic mass is 10.2. The predicted molar refractivity (Wildman–Crippen MR) is 80.4 cm³/mol. The maximum Gasteiger partial charge on any atom is 0.275 e. The third kappa shape index (κ3) is 3.17. The summed E-state index contributed by atoms with van der Waals surface area (Å²) < 4.78 is 8.69. The van der Waals surface area contributed by atoms with Gasteiger partial charge in [0.2, 0.25) is 0 Å². The zero-order valence-corrected chi connectivity index (χ0v) is 13.0. The first-order chi connectivity index (χ1) is 9.72. The molecule has 20 heavy (non-hydrogen) atoms.